The number of rotatable bonds is 9. The number of hydroxylamine groups is 2. The molecule has 0 saturated carbocycles. The van der Waals surface area contributed by atoms with Crippen LogP contribution in [0, 0.1) is 0 Å². The number of imide groups is 2. The van der Waals surface area contributed by atoms with Crippen LogP contribution in [0.5, 0.6) is 0 Å². The molecule has 0 N–H and O–H groups in total. The molecule has 4 amide bonds. The average molecular weight is 324 g/mol. The summed E-state index contributed by atoms with van der Waals surface area (Å²) >= 11 is 0. The van der Waals surface area contributed by atoms with E-state index in [1.807, 2.05) is 0 Å². The molecule has 0 unspecified atom stereocenters. The third-order valence-electron chi connectivity index (χ3n) is 3.17. The molecule has 0 spiro atoms. The zero-order valence-electron chi connectivity index (χ0n) is 13.0. The Labute approximate surface area is 134 Å². The number of unbranched alkanes of at least 4 members (excludes halogenated alkanes) is 2. The number of carbonyl (C=O) groups excluding carboxylic acids is 5. The van der Waals surface area contributed by atoms with Gasteiger partial charge in [-0.3, -0.25) is 24.1 Å². The first-order valence-electron chi connectivity index (χ1n) is 7.51. The molecule has 0 fully saturated rings. The molecule has 1 aliphatic rings. The minimum atomic E-state index is -0.670. The second-order valence-electron chi connectivity index (χ2n) is 5.01. The number of amides is 4. The Balaban J connectivity index is 2.18. The summed E-state index contributed by atoms with van der Waals surface area (Å²) in [6, 6.07) is 0. The van der Waals surface area contributed by atoms with E-state index >= 15 is 0 Å². The van der Waals surface area contributed by atoms with Gasteiger partial charge in [0.1, 0.15) is 0 Å². The van der Waals surface area contributed by atoms with Gasteiger partial charge in [0.25, 0.3) is 24.1 Å². The lowest BCUT2D eigenvalue weighted by Crippen LogP contribution is -2.32. The minimum Gasteiger partial charge on any atom is -0.331 e. The number of hydrogen-bond acceptors (Lipinski definition) is 6. The topological polar surface area (TPSA) is 101 Å². The van der Waals surface area contributed by atoms with E-state index in [0.29, 0.717) is 37.3 Å². The van der Waals surface area contributed by atoms with Crippen molar-refractivity contribution in [2.45, 2.75) is 45.4 Å². The molecule has 1 heterocycles. The zero-order chi connectivity index (χ0) is 17.2. The molecule has 1 rings (SSSR count). The lowest BCUT2D eigenvalue weighted by Gasteiger charge is -2.14. The summed E-state index contributed by atoms with van der Waals surface area (Å²) in [6.45, 7) is 2.07. The predicted molar refractivity (Wildman–Crippen MR) is 78.2 cm³/mol. The van der Waals surface area contributed by atoms with E-state index in [1.165, 1.54) is 12.2 Å². The highest BCUT2D eigenvalue weighted by molar-refractivity contribution is 6.12. The maximum Gasteiger partial charge on any atom is 0.333 e. The Morgan fingerprint density at radius 1 is 1.13 bits per heavy atom. The van der Waals surface area contributed by atoms with Crippen LogP contribution >= 0.6 is 0 Å². The first kappa shape index (κ1) is 18.5. The second-order valence-corrected chi connectivity index (χ2v) is 5.01. The smallest absolute Gasteiger partial charge is 0.331 e. The number of hydrogen-bond donors (Lipinski definition) is 0. The van der Waals surface area contributed by atoms with Crippen molar-refractivity contribution in [3.8, 4) is 0 Å². The van der Waals surface area contributed by atoms with E-state index in [-0.39, 0.29) is 31.1 Å². The molecular weight excluding hydrogens is 304 g/mol. The van der Waals surface area contributed by atoms with Gasteiger partial charge in [0.05, 0.1) is 0 Å². The van der Waals surface area contributed by atoms with E-state index in [1.54, 1.807) is 6.92 Å². The molecule has 0 saturated heterocycles. The van der Waals surface area contributed by atoms with E-state index < -0.39 is 11.9 Å². The Hall–Kier alpha value is -2.51. The van der Waals surface area contributed by atoms with Gasteiger partial charge >= 0.3 is 5.97 Å². The first-order chi connectivity index (χ1) is 11.0. The fraction of sp³-hybridized carbons (Fsp3) is 0.533. The minimum absolute atomic E-state index is 0.0455. The van der Waals surface area contributed by atoms with Crippen LogP contribution < -0.4 is 0 Å². The van der Waals surface area contributed by atoms with Crippen LogP contribution in [0.25, 0.3) is 0 Å². The molecule has 0 aromatic heterocycles. The molecule has 1 aliphatic heterocycles. The van der Waals surface area contributed by atoms with Gasteiger partial charge in [-0.25, -0.2) is 4.79 Å². The van der Waals surface area contributed by atoms with Crippen molar-refractivity contribution in [2.24, 2.45) is 0 Å². The molecule has 126 valence electrons. The number of nitrogens with zero attached hydrogens (tertiary/aromatic N) is 2. The molecule has 0 radical (unpaired) electrons. The van der Waals surface area contributed by atoms with E-state index in [4.69, 9.17) is 0 Å². The fourth-order valence-electron chi connectivity index (χ4n) is 1.98. The van der Waals surface area contributed by atoms with Crippen LogP contribution in [-0.4, -0.2) is 46.6 Å². The van der Waals surface area contributed by atoms with Gasteiger partial charge in [0, 0.05) is 31.5 Å². The Morgan fingerprint density at radius 2 is 1.78 bits per heavy atom. The summed E-state index contributed by atoms with van der Waals surface area (Å²) < 4.78 is 0. The SMILES string of the molecule is CCCC(=O)N(C=O)OC(=O)CCCCCN1C(=O)C=CC1=O. The highest BCUT2D eigenvalue weighted by Gasteiger charge is 2.22. The maximum atomic E-state index is 11.5. The lowest BCUT2D eigenvalue weighted by atomic mass is 10.2. The van der Waals surface area contributed by atoms with E-state index in [2.05, 4.69) is 4.84 Å². The first-order valence-corrected chi connectivity index (χ1v) is 7.51. The van der Waals surface area contributed by atoms with Gasteiger partial charge in [-0.05, 0) is 19.3 Å². The quantitative estimate of drug-likeness (QED) is 0.268. The Kier molecular flexibility index (Phi) is 7.65. The molecule has 8 nitrogen and oxygen atoms in total. The fourth-order valence-corrected chi connectivity index (χ4v) is 1.98. The third-order valence-corrected chi connectivity index (χ3v) is 3.17. The molecule has 0 bridgehead atoms. The maximum absolute atomic E-state index is 11.5. The molecular formula is C15H20N2O6. The summed E-state index contributed by atoms with van der Waals surface area (Å²) in [6.07, 6.45) is 4.98. The summed E-state index contributed by atoms with van der Waals surface area (Å²) in [4.78, 5) is 62.1. The van der Waals surface area contributed by atoms with Gasteiger partial charge in [0.2, 0.25) is 0 Å². The van der Waals surface area contributed by atoms with Crippen LogP contribution in [0.1, 0.15) is 45.4 Å². The normalized spacial score (nSPS) is 13.3. The van der Waals surface area contributed by atoms with Crippen LogP contribution in [0.3, 0.4) is 0 Å². The molecule has 0 aliphatic carbocycles. The Morgan fingerprint density at radius 3 is 2.35 bits per heavy atom. The molecule has 23 heavy (non-hydrogen) atoms. The molecule has 0 atom stereocenters. The summed E-state index contributed by atoms with van der Waals surface area (Å²) in [5.74, 6) is -1.89. The predicted octanol–water partition coefficient (Wildman–Crippen LogP) is 0.715. The second kappa shape index (κ2) is 9.50. The highest BCUT2D eigenvalue weighted by atomic mass is 16.7. The average Bonchev–Trinajstić information content (AvgIpc) is 2.84. The van der Waals surface area contributed by atoms with Crippen molar-refractivity contribution in [2.75, 3.05) is 6.54 Å². The molecule has 0 aromatic rings. The summed E-state index contributed by atoms with van der Waals surface area (Å²) in [7, 11) is 0. The van der Waals surface area contributed by atoms with Gasteiger partial charge in [-0.2, -0.15) is 0 Å². The van der Waals surface area contributed by atoms with Crippen LogP contribution in [0.4, 0.5) is 0 Å². The molecule has 8 heteroatoms. The van der Waals surface area contributed by atoms with E-state index in [9.17, 15) is 24.0 Å². The summed E-state index contributed by atoms with van der Waals surface area (Å²) in [5.41, 5.74) is 0. The van der Waals surface area contributed by atoms with E-state index in [0.717, 1.165) is 4.90 Å². The highest BCUT2D eigenvalue weighted by Crippen LogP contribution is 2.08. The van der Waals surface area contributed by atoms with Crippen molar-refractivity contribution < 1.29 is 28.8 Å². The zero-order valence-corrected chi connectivity index (χ0v) is 13.0. The van der Waals surface area contributed by atoms with Crippen LogP contribution in [0.2, 0.25) is 0 Å². The van der Waals surface area contributed by atoms with Crippen LogP contribution in [-0.2, 0) is 28.8 Å². The van der Waals surface area contributed by atoms with Crippen molar-refractivity contribution in [3.05, 3.63) is 12.2 Å². The summed E-state index contributed by atoms with van der Waals surface area (Å²) in [5, 5.41) is 0.416. The molecule has 0 aromatic carbocycles. The third kappa shape index (κ3) is 6.01. The number of carbonyl (C=O) groups is 5. The van der Waals surface area contributed by atoms with Gasteiger partial charge < -0.3 is 4.84 Å². The van der Waals surface area contributed by atoms with Crippen molar-refractivity contribution >= 4 is 30.1 Å². The van der Waals surface area contributed by atoms with Crippen LogP contribution in [0.15, 0.2) is 12.2 Å². The largest absolute Gasteiger partial charge is 0.333 e. The van der Waals surface area contributed by atoms with Crippen molar-refractivity contribution in [3.63, 3.8) is 0 Å². The van der Waals surface area contributed by atoms with Gasteiger partial charge in [0.15, 0.2) is 0 Å². The lowest BCUT2D eigenvalue weighted by molar-refractivity contribution is -0.196. The standard InChI is InChI=1S/C15H20N2O6/c1-2-6-14(21)17(11-18)23-15(22)7-4-3-5-10-16-12(19)8-9-13(16)20/h8-9,11H,2-7,10H2,1H3. The Bertz CT molecular complexity index is 496. The monoisotopic (exact) mass is 324 g/mol. The van der Waals surface area contributed by atoms with Crippen molar-refractivity contribution in [1.29, 1.82) is 0 Å². The van der Waals surface area contributed by atoms with Gasteiger partial charge in [-0.1, -0.05) is 13.3 Å². The van der Waals surface area contributed by atoms with Crippen molar-refractivity contribution in [1.82, 2.24) is 9.96 Å². The van der Waals surface area contributed by atoms with Gasteiger partial charge in [-0.15, -0.1) is 5.06 Å².